The molecule has 1 heterocycles. The lowest BCUT2D eigenvalue weighted by atomic mass is 10.2. The number of carbonyl (C=O) groups is 1. The fourth-order valence-corrected chi connectivity index (χ4v) is 2.49. The molecular formula is C17H26N2O2. The number of nitrogens with zero attached hydrogens (tertiary/aromatic N) is 1. The van der Waals surface area contributed by atoms with E-state index >= 15 is 0 Å². The highest BCUT2D eigenvalue weighted by Gasteiger charge is 2.24. The lowest BCUT2D eigenvalue weighted by molar-refractivity contribution is -0.131. The van der Waals surface area contributed by atoms with Crippen molar-refractivity contribution >= 4 is 5.91 Å². The van der Waals surface area contributed by atoms with E-state index in [-0.39, 0.29) is 24.2 Å². The molecule has 21 heavy (non-hydrogen) atoms. The molecule has 116 valence electrons. The summed E-state index contributed by atoms with van der Waals surface area (Å²) in [6.07, 6.45) is 1.01. The highest BCUT2D eigenvalue weighted by molar-refractivity contribution is 5.77. The van der Waals surface area contributed by atoms with Crippen LogP contribution in [0.2, 0.25) is 0 Å². The molecule has 1 saturated heterocycles. The second-order valence-corrected chi connectivity index (χ2v) is 6.67. The lowest BCUT2D eigenvalue weighted by Crippen LogP contribution is -2.40. The van der Waals surface area contributed by atoms with Crippen LogP contribution in [0.3, 0.4) is 0 Å². The van der Waals surface area contributed by atoms with Crippen LogP contribution in [0.1, 0.15) is 32.8 Å². The van der Waals surface area contributed by atoms with Gasteiger partial charge in [0.05, 0.1) is 5.60 Å². The highest BCUT2D eigenvalue weighted by atomic mass is 16.5. The molecule has 1 aliphatic rings. The molecule has 0 aliphatic carbocycles. The van der Waals surface area contributed by atoms with Gasteiger partial charge < -0.3 is 10.1 Å². The first-order valence-electron chi connectivity index (χ1n) is 7.62. The second-order valence-electron chi connectivity index (χ2n) is 6.67. The Bertz CT molecular complexity index is 454. The minimum absolute atomic E-state index is 0.0171. The predicted octanol–water partition coefficient (Wildman–Crippen LogP) is 2.19. The molecule has 1 aliphatic heterocycles. The van der Waals surface area contributed by atoms with Crippen LogP contribution in [0, 0.1) is 0 Å². The van der Waals surface area contributed by atoms with Gasteiger partial charge in [0.15, 0.2) is 0 Å². The smallest absolute Gasteiger partial charge is 0.246 e. The number of rotatable bonds is 5. The van der Waals surface area contributed by atoms with Crippen molar-refractivity contribution in [1.82, 2.24) is 10.2 Å². The van der Waals surface area contributed by atoms with Gasteiger partial charge in [0.1, 0.15) is 6.61 Å². The zero-order valence-corrected chi connectivity index (χ0v) is 13.3. The molecule has 4 nitrogen and oxygen atoms in total. The number of likely N-dealkylation sites (tertiary alicyclic amines) is 1. The summed E-state index contributed by atoms with van der Waals surface area (Å²) in [7, 11) is 0. The molecule has 1 aromatic carbocycles. The van der Waals surface area contributed by atoms with Crippen LogP contribution in [0.5, 0.6) is 0 Å². The first kappa shape index (κ1) is 16.0. The maximum Gasteiger partial charge on any atom is 0.246 e. The zero-order valence-electron chi connectivity index (χ0n) is 13.3. The second kappa shape index (κ2) is 7.05. The largest absolute Gasteiger partial charge is 0.366 e. The molecule has 2 rings (SSSR count). The Hall–Kier alpha value is -1.39. The van der Waals surface area contributed by atoms with E-state index in [2.05, 4.69) is 34.5 Å². The SMILES string of the molecule is CC(C)(C)OCC(=O)NC1CCN(Cc2ccccc2)C1. The Morgan fingerprint density at radius 3 is 2.71 bits per heavy atom. The molecule has 0 bridgehead atoms. The van der Waals surface area contributed by atoms with Gasteiger partial charge in [-0.3, -0.25) is 9.69 Å². The fourth-order valence-electron chi connectivity index (χ4n) is 2.49. The van der Waals surface area contributed by atoms with Crippen LogP contribution in [0.15, 0.2) is 30.3 Å². The van der Waals surface area contributed by atoms with E-state index in [9.17, 15) is 4.79 Å². The van der Waals surface area contributed by atoms with Gasteiger partial charge in [-0.2, -0.15) is 0 Å². The number of hydrogen-bond donors (Lipinski definition) is 1. The third-order valence-corrected chi connectivity index (χ3v) is 3.52. The van der Waals surface area contributed by atoms with Crippen molar-refractivity contribution in [1.29, 1.82) is 0 Å². The van der Waals surface area contributed by atoms with E-state index in [0.29, 0.717) is 0 Å². The Morgan fingerprint density at radius 1 is 1.33 bits per heavy atom. The van der Waals surface area contributed by atoms with Crippen molar-refractivity contribution in [3.63, 3.8) is 0 Å². The summed E-state index contributed by atoms with van der Waals surface area (Å²) in [5, 5.41) is 3.06. The predicted molar refractivity (Wildman–Crippen MR) is 84.0 cm³/mol. The maximum absolute atomic E-state index is 11.9. The van der Waals surface area contributed by atoms with Crippen molar-refractivity contribution in [3.8, 4) is 0 Å². The van der Waals surface area contributed by atoms with Crippen LogP contribution in [0.25, 0.3) is 0 Å². The Morgan fingerprint density at radius 2 is 2.05 bits per heavy atom. The number of amides is 1. The first-order valence-corrected chi connectivity index (χ1v) is 7.62. The van der Waals surface area contributed by atoms with E-state index in [1.54, 1.807) is 0 Å². The number of hydrogen-bond acceptors (Lipinski definition) is 3. The van der Waals surface area contributed by atoms with Crippen molar-refractivity contribution < 1.29 is 9.53 Å². The number of benzene rings is 1. The summed E-state index contributed by atoms with van der Waals surface area (Å²) in [5.41, 5.74) is 1.05. The molecule has 1 unspecified atom stereocenters. The molecule has 0 saturated carbocycles. The van der Waals surface area contributed by atoms with Gasteiger partial charge in [0.25, 0.3) is 0 Å². The highest BCUT2D eigenvalue weighted by Crippen LogP contribution is 2.13. The molecule has 0 spiro atoms. The third kappa shape index (κ3) is 5.86. The molecular weight excluding hydrogens is 264 g/mol. The van der Waals surface area contributed by atoms with Gasteiger partial charge in [-0.25, -0.2) is 0 Å². The molecule has 0 radical (unpaired) electrons. The van der Waals surface area contributed by atoms with Gasteiger partial charge in [-0.15, -0.1) is 0 Å². The van der Waals surface area contributed by atoms with E-state index in [1.165, 1.54) is 5.56 Å². The minimum Gasteiger partial charge on any atom is -0.366 e. The lowest BCUT2D eigenvalue weighted by Gasteiger charge is -2.20. The van der Waals surface area contributed by atoms with Gasteiger partial charge in [0, 0.05) is 25.7 Å². The Balaban J connectivity index is 1.71. The molecule has 4 heteroatoms. The van der Waals surface area contributed by atoms with Gasteiger partial charge in [0.2, 0.25) is 5.91 Å². The number of ether oxygens (including phenoxy) is 1. The molecule has 1 aromatic rings. The maximum atomic E-state index is 11.9. The van der Waals surface area contributed by atoms with Crippen molar-refractivity contribution in [3.05, 3.63) is 35.9 Å². The van der Waals surface area contributed by atoms with E-state index in [4.69, 9.17) is 4.74 Å². The average Bonchev–Trinajstić information content (AvgIpc) is 2.84. The van der Waals surface area contributed by atoms with Crippen LogP contribution < -0.4 is 5.32 Å². The Kier molecular flexibility index (Phi) is 5.37. The van der Waals surface area contributed by atoms with Crippen molar-refractivity contribution in [2.24, 2.45) is 0 Å². The van der Waals surface area contributed by atoms with Crippen molar-refractivity contribution in [2.45, 2.75) is 45.4 Å². The van der Waals surface area contributed by atoms with E-state index in [1.807, 2.05) is 26.8 Å². The van der Waals surface area contributed by atoms with Crippen molar-refractivity contribution in [2.75, 3.05) is 19.7 Å². The third-order valence-electron chi connectivity index (χ3n) is 3.52. The topological polar surface area (TPSA) is 41.6 Å². The van der Waals surface area contributed by atoms with Crippen LogP contribution in [-0.4, -0.2) is 42.1 Å². The molecule has 1 N–H and O–H groups in total. The van der Waals surface area contributed by atoms with E-state index in [0.717, 1.165) is 26.1 Å². The minimum atomic E-state index is -0.271. The summed E-state index contributed by atoms with van der Waals surface area (Å²) < 4.78 is 5.50. The summed E-state index contributed by atoms with van der Waals surface area (Å²) in [4.78, 5) is 14.2. The molecule has 1 atom stereocenters. The molecule has 0 aromatic heterocycles. The van der Waals surface area contributed by atoms with Gasteiger partial charge in [-0.1, -0.05) is 30.3 Å². The van der Waals surface area contributed by atoms with Crippen LogP contribution >= 0.6 is 0 Å². The summed E-state index contributed by atoms with van der Waals surface area (Å²) in [5.74, 6) is -0.0171. The zero-order chi connectivity index (χ0) is 15.3. The quantitative estimate of drug-likeness (QED) is 0.904. The molecule has 1 amide bonds. The van der Waals surface area contributed by atoms with Crippen LogP contribution in [-0.2, 0) is 16.1 Å². The average molecular weight is 290 g/mol. The standard InChI is InChI=1S/C17H26N2O2/c1-17(2,3)21-13-16(20)18-15-9-10-19(12-15)11-14-7-5-4-6-8-14/h4-8,15H,9-13H2,1-3H3,(H,18,20). The van der Waals surface area contributed by atoms with Gasteiger partial charge >= 0.3 is 0 Å². The summed E-state index contributed by atoms with van der Waals surface area (Å²) in [6, 6.07) is 10.7. The summed E-state index contributed by atoms with van der Waals surface area (Å²) in [6.45, 7) is 8.90. The number of nitrogens with one attached hydrogen (secondary N) is 1. The summed E-state index contributed by atoms with van der Waals surface area (Å²) >= 11 is 0. The normalized spacial score (nSPS) is 19.7. The number of carbonyl (C=O) groups excluding carboxylic acids is 1. The Labute approximate surface area is 127 Å². The monoisotopic (exact) mass is 290 g/mol. The van der Waals surface area contributed by atoms with Gasteiger partial charge in [-0.05, 0) is 32.8 Å². The fraction of sp³-hybridized carbons (Fsp3) is 0.588. The van der Waals surface area contributed by atoms with Crippen LogP contribution in [0.4, 0.5) is 0 Å². The molecule has 1 fully saturated rings. The van der Waals surface area contributed by atoms with E-state index < -0.39 is 0 Å². The first-order chi connectivity index (χ1) is 9.92.